The highest BCUT2D eigenvalue weighted by molar-refractivity contribution is 6.69. The number of hydrogen-bond donors (Lipinski definition) is 3. The molecule has 0 unspecified atom stereocenters. The van der Waals surface area contributed by atoms with Gasteiger partial charge in [-0.3, -0.25) is 9.59 Å². The Morgan fingerprint density at radius 2 is 1.02 bits per heavy atom. The van der Waals surface area contributed by atoms with Crippen molar-refractivity contribution >= 4 is 20.3 Å². The third-order valence-corrected chi connectivity index (χ3v) is 19.2. The summed E-state index contributed by atoms with van der Waals surface area (Å²) in [7, 11) is -1.74. The molecule has 0 bridgehead atoms. The molecule has 1 saturated heterocycles. The number of esters is 1. The summed E-state index contributed by atoms with van der Waals surface area (Å²) in [4.78, 5) is 22.2. The molecule has 0 aromatic heterocycles. The number of ether oxygens (including phenoxy) is 3. The van der Waals surface area contributed by atoms with Crippen molar-refractivity contribution in [1.29, 1.82) is 0 Å². The van der Waals surface area contributed by atoms with Crippen LogP contribution in [0.25, 0.3) is 22.3 Å². The van der Waals surface area contributed by atoms with Gasteiger partial charge in [-0.15, -0.1) is 0 Å². The smallest absolute Gasteiger partial charge is 0.306 e. The Kier molecular flexibility index (Phi) is 22.9. The number of aliphatic hydroxyl groups excluding tert-OH is 1. The highest BCUT2D eigenvalue weighted by Crippen LogP contribution is 2.45. The van der Waals surface area contributed by atoms with Gasteiger partial charge in [0.2, 0.25) is 0 Å². The van der Waals surface area contributed by atoms with Gasteiger partial charge in [-0.2, -0.15) is 0 Å². The average molecular weight is 1150 g/mol. The average Bonchev–Trinajstić information content (AvgIpc) is 3.81. The topological polar surface area (TPSA) is 132 Å². The number of hydrogen-bond acceptors (Lipinski definition) is 8. The van der Waals surface area contributed by atoms with E-state index in [4.69, 9.17) is 23.7 Å². The number of carboxylic acids is 1. The molecule has 1 aliphatic rings. The second kappa shape index (κ2) is 28.7. The van der Waals surface area contributed by atoms with E-state index in [9.17, 15) is 19.8 Å². The lowest BCUT2D eigenvalue weighted by Crippen LogP contribution is -2.40. The van der Waals surface area contributed by atoms with E-state index in [-0.39, 0.29) is 48.0 Å². The van der Waals surface area contributed by atoms with Gasteiger partial charge >= 0.3 is 11.9 Å². The number of rotatable bonds is 27. The number of aliphatic carboxylic acids is 1. The number of carboxylic acid groups (broad SMARTS) is 1. The SMILES string of the molecule is CCC(CC)(O[Si](C)(C)C)c1cccc(-c2ccc(C(CC)(CC)c3ccc(OC[C@H]4CCC(=O)O4)c(C)c3)cc2C)c1.CCC(O)(CC)c1cccc(-c2ccc(C(CC)(CC)c3ccc(OC[C@H](O)CCC(=O)O)c(C)c3)cc2C)c1. The fourth-order valence-electron chi connectivity index (χ4n) is 12.7. The Morgan fingerprint density at radius 1 is 0.578 bits per heavy atom. The molecule has 0 aliphatic carbocycles. The molecule has 0 amide bonds. The van der Waals surface area contributed by atoms with Crippen LogP contribution in [0.15, 0.2) is 121 Å². The molecule has 0 radical (unpaired) electrons. The van der Waals surface area contributed by atoms with Crippen molar-refractivity contribution in [3.8, 4) is 33.8 Å². The van der Waals surface area contributed by atoms with Crippen molar-refractivity contribution < 1.29 is 43.5 Å². The van der Waals surface area contributed by atoms with Gasteiger partial charge in [0, 0.05) is 23.7 Å². The highest BCUT2D eigenvalue weighted by Gasteiger charge is 2.37. The summed E-state index contributed by atoms with van der Waals surface area (Å²) in [6.45, 7) is 33.4. The molecule has 9 nitrogen and oxygen atoms in total. The maximum Gasteiger partial charge on any atom is 0.306 e. The fraction of sp³-hybridized carbons (Fsp3) is 0.479. The van der Waals surface area contributed by atoms with Crippen molar-refractivity contribution in [2.24, 2.45) is 0 Å². The zero-order valence-corrected chi connectivity index (χ0v) is 53.9. The maximum atomic E-state index is 11.5. The third kappa shape index (κ3) is 15.5. The number of aliphatic hydroxyl groups is 2. The summed E-state index contributed by atoms with van der Waals surface area (Å²) in [5.74, 6) is 0.501. The fourth-order valence-corrected chi connectivity index (χ4v) is 14.3. The lowest BCUT2D eigenvalue weighted by atomic mass is 9.69. The molecule has 0 spiro atoms. The van der Waals surface area contributed by atoms with Crippen LogP contribution >= 0.6 is 0 Å². The van der Waals surface area contributed by atoms with Crippen LogP contribution in [0.2, 0.25) is 19.6 Å². The van der Waals surface area contributed by atoms with Crippen LogP contribution in [0, 0.1) is 27.7 Å². The standard InChI is InChI=1S/C38H52O4Si.C35H46O5/c1-10-37(11-2,31-18-21-35(28(6)24-31)40-26-33-19-22-36(39)41-33)30-17-20-34(27(5)23-30)29-15-14-16-32(25-29)38(12-3,13-4)42-43(7,8)9;1-7-34(8-2,28-15-18-32(25(6)21-28)40-23-30(36)16-19-33(37)38)27-14-17-31(24(5)20-27)26-12-11-13-29(22-26)35(39,9-3)10-4/h14-18,20-21,23-25,33H,10-13,19,22,26H2,1-9H3;11-15,17-18,20-22,30,36,39H,7-10,16,19,23H2,1-6H3,(H,37,38)/t33-;30-/m11/s1. The molecule has 6 aromatic carbocycles. The molecule has 1 heterocycles. The van der Waals surface area contributed by atoms with Gasteiger partial charge in [0.25, 0.3) is 0 Å². The predicted molar refractivity (Wildman–Crippen MR) is 342 cm³/mol. The van der Waals surface area contributed by atoms with E-state index in [0.717, 1.165) is 72.9 Å². The van der Waals surface area contributed by atoms with Gasteiger partial charge in [0.1, 0.15) is 30.8 Å². The minimum atomic E-state index is -1.74. The molecular formula is C73H98O9Si. The summed E-state index contributed by atoms with van der Waals surface area (Å²) in [6.07, 6.45) is 7.47. The first-order valence-electron chi connectivity index (χ1n) is 30.9. The van der Waals surface area contributed by atoms with E-state index in [1.807, 2.05) is 39.0 Å². The van der Waals surface area contributed by atoms with E-state index in [2.05, 4.69) is 185 Å². The number of benzene rings is 6. The summed E-state index contributed by atoms with van der Waals surface area (Å²) >= 11 is 0. The molecule has 448 valence electrons. The molecule has 7 rings (SSSR count). The monoisotopic (exact) mass is 1150 g/mol. The quantitative estimate of drug-likeness (QED) is 0.0341. The number of aryl methyl sites for hydroxylation is 4. The summed E-state index contributed by atoms with van der Waals surface area (Å²) in [6, 6.07) is 44.0. The first-order valence-corrected chi connectivity index (χ1v) is 34.3. The van der Waals surface area contributed by atoms with Gasteiger partial charge in [-0.1, -0.05) is 152 Å². The van der Waals surface area contributed by atoms with Crippen LogP contribution < -0.4 is 9.47 Å². The lowest BCUT2D eigenvalue weighted by Gasteiger charge is -2.39. The molecule has 3 N–H and O–H groups in total. The van der Waals surface area contributed by atoms with Gasteiger partial charge in [-0.05, 0) is 214 Å². The number of carbonyl (C=O) groups is 2. The Bertz CT molecular complexity index is 3120. The van der Waals surface area contributed by atoms with Crippen molar-refractivity contribution in [2.45, 2.75) is 214 Å². The van der Waals surface area contributed by atoms with Crippen molar-refractivity contribution in [3.63, 3.8) is 0 Å². The molecule has 0 saturated carbocycles. The Morgan fingerprint density at radius 3 is 1.42 bits per heavy atom. The minimum Gasteiger partial charge on any atom is -0.491 e. The van der Waals surface area contributed by atoms with Crippen molar-refractivity contribution in [1.82, 2.24) is 0 Å². The molecule has 1 aliphatic heterocycles. The van der Waals surface area contributed by atoms with Crippen LogP contribution in [0.4, 0.5) is 0 Å². The third-order valence-electron chi connectivity index (χ3n) is 18.2. The van der Waals surface area contributed by atoms with E-state index in [1.54, 1.807) is 0 Å². The second-order valence-electron chi connectivity index (χ2n) is 24.3. The second-order valence-corrected chi connectivity index (χ2v) is 28.7. The van der Waals surface area contributed by atoms with E-state index in [1.165, 1.54) is 55.6 Å². The molecular weight excluding hydrogens is 1050 g/mol. The lowest BCUT2D eigenvalue weighted by molar-refractivity contribution is -0.142. The molecule has 2 atom stereocenters. The Labute approximate surface area is 499 Å². The first-order chi connectivity index (χ1) is 39.4. The zero-order valence-electron chi connectivity index (χ0n) is 52.9. The summed E-state index contributed by atoms with van der Waals surface area (Å²) in [5.41, 5.74) is 15.4. The van der Waals surface area contributed by atoms with Crippen molar-refractivity contribution in [3.05, 3.63) is 177 Å². The maximum absolute atomic E-state index is 11.5. The molecule has 83 heavy (non-hydrogen) atoms. The largest absolute Gasteiger partial charge is 0.491 e. The van der Waals surface area contributed by atoms with E-state index < -0.39 is 26.0 Å². The molecule has 1 fully saturated rings. The van der Waals surface area contributed by atoms with Crippen molar-refractivity contribution in [2.75, 3.05) is 13.2 Å². The van der Waals surface area contributed by atoms with E-state index in [0.29, 0.717) is 31.6 Å². The van der Waals surface area contributed by atoms with Crippen LogP contribution in [0.3, 0.4) is 0 Å². The predicted octanol–water partition coefficient (Wildman–Crippen LogP) is 17.7. The number of cyclic esters (lactones) is 1. The van der Waals surface area contributed by atoms with E-state index >= 15 is 0 Å². The van der Waals surface area contributed by atoms with Crippen LogP contribution in [-0.2, 0) is 40.8 Å². The highest BCUT2D eigenvalue weighted by atomic mass is 28.4. The van der Waals surface area contributed by atoms with Crippen LogP contribution in [-0.4, -0.2) is 61.0 Å². The van der Waals surface area contributed by atoms with Crippen LogP contribution in [0.1, 0.15) is 188 Å². The number of carbonyl (C=O) groups excluding carboxylic acids is 1. The summed E-state index contributed by atoms with van der Waals surface area (Å²) < 4.78 is 24.1. The van der Waals surface area contributed by atoms with Crippen LogP contribution in [0.5, 0.6) is 11.5 Å². The van der Waals surface area contributed by atoms with Gasteiger partial charge in [0.15, 0.2) is 8.32 Å². The normalized spacial score (nSPS) is 14.4. The van der Waals surface area contributed by atoms with Gasteiger partial charge in [-0.25, -0.2) is 0 Å². The Balaban J connectivity index is 0.000000267. The van der Waals surface area contributed by atoms with Gasteiger partial charge < -0.3 is 34.0 Å². The Hall–Kier alpha value is -6.04. The molecule has 10 heteroatoms. The minimum absolute atomic E-state index is 0.0654. The summed E-state index contributed by atoms with van der Waals surface area (Å²) in [5, 5.41) is 30.0. The first kappa shape index (κ1) is 66.1. The van der Waals surface area contributed by atoms with Gasteiger partial charge in [0.05, 0.1) is 17.3 Å². The molecule has 6 aromatic rings. The zero-order chi connectivity index (χ0) is 60.9.